The van der Waals surface area contributed by atoms with Gasteiger partial charge >= 0.3 is 0 Å². The molecule has 41 heavy (non-hydrogen) atoms. The zero-order valence-electron chi connectivity index (χ0n) is 27.2. The maximum absolute atomic E-state index is 7.00. The van der Waals surface area contributed by atoms with Gasteiger partial charge in [-0.15, -0.1) is 0 Å². The number of hydrogen-bond acceptors (Lipinski definition) is 1. The molecule has 1 nitrogen and oxygen atoms in total. The third-order valence-electron chi connectivity index (χ3n) is 7.58. The van der Waals surface area contributed by atoms with Gasteiger partial charge in [-0.25, -0.2) is 0 Å². The highest BCUT2D eigenvalue weighted by molar-refractivity contribution is 5.85. The Bertz CT molecular complexity index is 1220. The van der Waals surface area contributed by atoms with Crippen molar-refractivity contribution >= 4 is 11.1 Å². The summed E-state index contributed by atoms with van der Waals surface area (Å²) in [5.41, 5.74) is 13.0. The van der Waals surface area contributed by atoms with Crippen molar-refractivity contribution in [3.63, 3.8) is 0 Å². The Kier molecular flexibility index (Phi) is 17.4. The molecule has 0 aliphatic rings. The van der Waals surface area contributed by atoms with E-state index in [1.165, 1.54) is 79.2 Å². The van der Waals surface area contributed by atoms with Gasteiger partial charge in [-0.3, -0.25) is 0 Å². The van der Waals surface area contributed by atoms with Crippen molar-refractivity contribution in [3.8, 4) is 11.1 Å². The van der Waals surface area contributed by atoms with Crippen LogP contribution in [0.25, 0.3) is 22.3 Å². The number of hydrogen-bond donors (Lipinski definition) is 1. The maximum atomic E-state index is 7.00. The Morgan fingerprint density at radius 3 is 1.51 bits per heavy atom. The van der Waals surface area contributed by atoms with Gasteiger partial charge in [0.25, 0.3) is 0 Å². The van der Waals surface area contributed by atoms with Gasteiger partial charge in [-0.05, 0) is 101 Å². The molecule has 1 N–H and O–H groups in total. The fourth-order valence-corrected chi connectivity index (χ4v) is 4.74. The Hall–Kier alpha value is -3.16. The van der Waals surface area contributed by atoms with Gasteiger partial charge < -0.3 is 5.11 Å². The minimum atomic E-state index is 1.00. The molecule has 0 heterocycles. The van der Waals surface area contributed by atoms with E-state index in [1.807, 2.05) is 0 Å². The minimum absolute atomic E-state index is 1.00. The molecule has 0 saturated heterocycles. The van der Waals surface area contributed by atoms with Crippen LogP contribution in [0.5, 0.6) is 0 Å². The summed E-state index contributed by atoms with van der Waals surface area (Å²) in [5, 5.41) is 7.00. The third kappa shape index (κ3) is 11.7. The van der Waals surface area contributed by atoms with E-state index in [2.05, 4.69) is 122 Å². The third-order valence-corrected chi connectivity index (χ3v) is 7.58. The van der Waals surface area contributed by atoms with E-state index < -0.39 is 0 Å². The molecule has 0 amide bonds. The molecular weight excluding hydrogens is 496 g/mol. The highest BCUT2D eigenvalue weighted by atomic mass is 16.2. The van der Waals surface area contributed by atoms with Crippen LogP contribution in [0.2, 0.25) is 0 Å². The van der Waals surface area contributed by atoms with Crippen LogP contribution in [-0.2, 0) is 0 Å². The zero-order chi connectivity index (χ0) is 30.8. The standard InChI is InChI=1S/C32H36.C7H16.CH4O/c1-8-9-10-11-23(3)26(6)29-18-14-24(4)31(20-29)32-21-30(19-15-25(32)5)27(7)28-16-12-22(2)13-17-28;1-3-5-7-6-4-2;1-2/h12-21H,3,6-11H2,1-2,4-5H3;3-7H2,1-2H3;2H,1H3. The fraction of sp³-hybridized carbons (Fsp3) is 0.400. The molecule has 1 heteroatoms. The summed E-state index contributed by atoms with van der Waals surface area (Å²) < 4.78 is 0. The Morgan fingerprint density at radius 1 is 0.561 bits per heavy atom. The molecule has 3 rings (SSSR count). The summed E-state index contributed by atoms with van der Waals surface area (Å²) in [6, 6.07) is 21.9. The Labute approximate surface area is 252 Å². The molecule has 0 radical (unpaired) electrons. The van der Waals surface area contributed by atoms with Crippen molar-refractivity contribution in [1.29, 1.82) is 0 Å². The lowest BCUT2D eigenvalue weighted by Gasteiger charge is -2.16. The molecule has 0 saturated carbocycles. The van der Waals surface area contributed by atoms with Crippen molar-refractivity contribution in [3.05, 3.63) is 119 Å². The van der Waals surface area contributed by atoms with Crippen LogP contribution in [0.3, 0.4) is 0 Å². The van der Waals surface area contributed by atoms with Gasteiger partial charge in [0.05, 0.1) is 0 Å². The quantitative estimate of drug-likeness (QED) is 0.165. The first-order valence-electron chi connectivity index (χ1n) is 15.5. The molecule has 0 spiro atoms. The van der Waals surface area contributed by atoms with E-state index >= 15 is 0 Å². The lowest BCUT2D eigenvalue weighted by Crippen LogP contribution is -1.94. The highest BCUT2D eigenvalue weighted by Gasteiger charge is 2.12. The lowest BCUT2D eigenvalue weighted by atomic mass is 9.88. The number of aryl methyl sites for hydroxylation is 3. The van der Waals surface area contributed by atoms with Crippen molar-refractivity contribution in [1.82, 2.24) is 0 Å². The number of allylic oxidation sites excluding steroid dienone is 2. The fourth-order valence-electron chi connectivity index (χ4n) is 4.74. The highest BCUT2D eigenvalue weighted by Crippen LogP contribution is 2.34. The van der Waals surface area contributed by atoms with Gasteiger partial charge in [0.2, 0.25) is 0 Å². The van der Waals surface area contributed by atoms with Gasteiger partial charge in [0.1, 0.15) is 0 Å². The van der Waals surface area contributed by atoms with Crippen LogP contribution in [0.4, 0.5) is 0 Å². The molecule has 0 atom stereocenters. The van der Waals surface area contributed by atoms with Crippen molar-refractivity contribution in [2.45, 2.75) is 99.3 Å². The van der Waals surface area contributed by atoms with Crippen molar-refractivity contribution in [2.24, 2.45) is 0 Å². The SMILES string of the molecule is C=C(CCCCC)C(=C)c1ccc(C)c(-c2cc(C(=C)c3ccc(C)cc3)ccc2C)c1.CCCCCCC.CO. The Balaban J connectivity index is 0.000000816. The van der Waals surface area contributed by atoms with E-state index in [-0.39, 0.29) is 0 Å². The second-order valence-corrected chi connectivity index (χ2v) is 11.0. The molecule has 222 valence electrons. The van der Waals surface area contributed by atoms with Crippen molar-refractivity contribution < 1.29 is 5.11 Å². The van der Waals surface area contributed by atoms with Gasteiger partial charge in [0, 0.05) is 7.11 Å². The number of unbranched alkanes of at least 4 members (excludes halogenated alkanes) is 6. The summed E-state index contributed by atoms with van der Waals surface area (Å²) in [7, 11) is 1.00. The summed E-state index contributed by atoms with van der Waals surface area (Å²) >= 11 is 0. The molecule has 0 bridgehead atoms. The smallest absolute Gasteiger partial charge is 0.0319 e. The Morgan fingerprint density at radius 2 is 1.00 bits per heavy atom. The number of aliphatic hydroxyl groups excluding tert-OH is 1. The molecule has 0 aromatic heterocycles. The largest absolute Gasteiger partial charge is 0.400 e. The van der Waals surface area contributed by atoms with E-state index in [9.17, 15) is 0 Å². The molecule has 0 aliphatic carbocycles. The lowest BCUT2D eigenvalue weighted by molar-refractivity contribution is 0.399. The first kappa shape index (κ1) is 35.9. The average molecular weight is 553 g/mol. The summed E-state index contributed by atoms with van der Waals surface area (Å²) in [5.74, 6) is 0. The molecule has 3 aromatic rings. The van der Waals surface area contributed by atoms with Crippen LogP contribution in [0, 0.1) is 20.8 Å². The van der Waals surface area contributed by atoms with E-state index in [1.54, 1.807) is 0 Å². The van der Waals surface area contributed by atoms with Gasteiger partial charge in [-0.2, -0.15) is 0 Å². The van der Waals surface area contributed by atoms with Crippen LogP contribution in [0.1, 0.15) is 112 Å². The second-order valence-electron chi connectivity index (χ2n) is 11.0. The second kappa shape index (κ2) is 19.8. The first-order chi connectivity index (χ1) is 19.7. The number of benzene rings is 3. The molecule has 0 unspecified atom stereocenters. The van der Waals surface area contributed by atoms with Crippen LogP contribution < -0.4 is 0 Å². The predicted octanol–water partition coefficient (Wildman–Crippen LogP) is 12.1. The topological polar surface area (TPSA) is 20.2 Å². The summed E-state index contributed by atoms with van der Waals surface area (Å²) in [6.45, 7) is 26.3. The van der Waals surface area contributed by atoms with E-state index in [4.69, 9.17) is 5.11 Å². The summed E-state index contributed by atoms with van der Waals surface area (Å²) in [6.07, 6.45) is 11.7. The molecular formula is C40H56O. The van der Waals surface area contributed by atoms with Crippen LogP contribution in [-0.4, -0.2) is 12.2 Å². The van der Waals surface area contributed by atoms with Crippen LogP contribution >= 0.6 is 0 Å². The molecule has 0 fully saturated rings. The van der Waals surface area contributed by atoms with Gasteiger partial charge in [-0.1, -0.05) is 140 Å². The monoisotopic (exact) mass is 552 g/mol. The first-order valence-corrected chi connectivity index (χ1v) is 15.5. The predicted molar refractivity (Wildman–Crippen MR) is 186 cm³/mol. The molecule has 3 aromatic carbocycles. The van der Waals surface area contributed by atoms with E-state index in [0.29, 0.717) is 0 Å². The van der Waals surface area contributed by atoms with E-state index in [0.717, 1.165) is 46.9 Å². The van der Waals surface area contributed by atoms with Crippen LogP contribution in [0.15, 0.2) is 86.0 Å². The summed E-state index contributed by atoms with van der Waals surface area (Å²) in [4.78, 5) is 0. The molecule has 0 aliphatic heterocycles. The average Bonchev–Trinajstić information content (AvgIpc) is 2.99. The van der Waals surface area contributed by atoms with Gasteiger partial charge in [0.15, 0.2) is 0 Å². The minimum Gasteiger partial charge on any atom is -0.400 e. The number of aliphatic hydroxyl groups is 1. The normalized spacial score (nSPS) is 10.1. The zero-order valence-corrected chi connectivity index (χ0v) is 27.2. The number of rotatable bonds is 13. The van der Waals surface area contributed by atoms with Crippen molar-refractivity contribution in [2.75, 3.05) is 7.11 Å². The maximum Gasteiger partial charge on any atom is 0.0319 e.